The summed E-state index contributed by atoms with van der Waals surface area (Å²) >= 11 is 0. The van der Waals surface area contributed by atoms with Gasteiger partial charge in [0, 0.05) is 31.3 Å². The molecule has 3 aromatic heterocycles. The van der Waals surface area contributed by atoms with Crippen LogP contribution in [0.15, 0.2) is 43.2 Å². The molecule has 9 nitrogen and oxygen atoms in total. The zero-order valence-electron chi connectivity index (χ0n) is 17.2. The summed E-state index contributed by atoms with van der Waals surface area (Å²) < 4.78 is 8.00. The minimum atomic E-state index is -0.193. The summed E-state index contributed by atoms with van der Waals surface area (Å²) in [5.41, 5.74) is 10.1. The lowest BCUT2D eigenvalue weighted by Crippen LogP contribution is -2.53. The highest BCUT2D eigenvalue weighted by Crippen LogP contribution is 2.37. The van der Waals surface area contributed by atoms with Crippen molar-refractivity contribution in [1.82, 2.24) is 29.8 Å². The molecule has 0 radical (unpaired) electrons. The van der Waals surface area contributed by atoms with Crippen LogP contribution in [0.3, 0.4) is 0 Å². The summed E-state index contributed by atoms with van der Waals surface area (Å²) in [4.78, 5) is 7.16. The molecule has 5 heterocycles. The SMILES string of the molecule is C=C(c1ccccc1)c1n[nH]c2nc(N3CCC4(CC3)OCC[C@H]4N)n3cnnc3c12. The molecule has 0 unspecified atom stereocenters. The topological polar surface area (TPSA) is 110 Å². The van der Waals surface area contributed by atoms with Crippen LogP contribution in [0.4, 0.5) is 5.95 Å². The van der Waals surface area contributed by atoms with Crippen molar-refractivity contribution < 1.29 is 4.74 Å². The summed E-state index contributed by atoms with van der Waals surface area (Å²) in [5.74, 6) is 0.800. The molecule has 1 spiro atoms. The van der Waals surface area contributed by atoms with Gasteiger partial charge in [0.25, 0.3) is 0 Å². The molecule has 4 aromatic rings. The smallest absolute Gasteiger partial charge is 0.214 e. The molecule has 6 rings (SSSR count). The second kappa shape index (κ2) is 6.86. The lowest BCUT2D eigenvalue weighted by Gasteiger charge is -2.41. The van der Waals surface area contributed by atoms with Gasteiger partial charge in [0.2, 0.25) is 5.95 Å². The first-order valence-electron chi connectivity index (χ1n) is 10.6. The zero-order valence-corrected chi connectivity index (χ0v) is 17.2. The number of hydrogen-bond acceptors (Lipinski definition) is 7. The van der Waals surface area contributed by atoms with E-state index in [2.05, 4.69) is 31.9 Å². The van der Waals surface area contributed by atoms with Gasteiger partial charge in [-0.1, -0.05) is 36.9 Å². The number of nitrogens with one attached hydrogen (secondary N) is 1. The van der Waals surface area contributed by atoms with Gasteiger partial charge in [-0.05, 0) is 24.8 Å². The summed E-state index contributed by atoms with van der Waals surface area (Å²) in [6.45, 7) is 6.65. The van der Waals surface area contributed by atoms with Crippen LogP contribution < -0.4 is 10.6 Å². The molecule has 2 fully saturated rings. The maximum absolute atomic E-state index is 6.35. The molecule has 0 amide bonds. The Bertz CT molecular complexity index is 1270. The minimum Gasteiger partial charge on any atom is -0.373 e. The van der Waals surface area contributed by atoms with E-state index in [1.54, 1.807) is 6.33 Å². The summed E-state index contributed by atoms with van der Waals surface area (Å²) in [5, 5.41) is 17.0. The number of benzene rings is 1. The normalized spacial score (nSPS) is 20.8. The van der Waals surface area contributed by atoms with Gasteiger partial charge in [0.1, 0.15) is 12.0 Å². The van der Waals surface area contributed by atoms with Crippen LogP contribution in [0.5, 0.6) is 0 Å². The Morgan fingerprint density at radius 2 is 2.03 bits per heavy atom. The van der Waals surface area contributed by atoms with Crippen LogP contribution in [-0.4, -0.2) is 61.1 Å². The largest absolute Gasteiger partial charge is 0.373 e. The van der Waals surface area contributed by atoms with Crippen LogP contribution >= 0.6 is 0 Å². The molecule has 0 saturated carbocycles. The van der Waals surface area contributed by atoms with Gasteiger partial charge in [0.05, 0.1) is 11.0 Å². The highest BCUT2D eigenvalue weighted by atomic mass is 16.5. The van der Waals surface area contributed by atoms with E-state index in [1.807, 2.05) is 34.7 Å². The molecule has 3 N–H and O–H groups in total. The van der Waals surface area contributed by atoms with Crippen LogP contribution in [0.25, 0.3) is 22.3 Å². The van der Waals surface area contributed by atoms with E-state index in [-0.39, 0.29) is 11.6 Å². The fourth-order valence-corrected chi connectivity index (χ4v) is 4.91. The van der Waals surface area contributed by atoms with Gasteiger partial charge in [0.15, 0.2) is 11.3 Å². The van der Waals surface area contributed by atoms with Crippen molar-refractivity contribution >= 4 is 28.2 Å². The second-order valence-corrected chi connectivity index (χ2v) is 8.37. The summed E-state index contributed by atoms with van der Waals surface area (Å²) in [6.07, 6.45) is 4.41. The highest BCUT2D eigenvalue weighted by molar-refractivity contribution is 6.00. The van der Waals surface area contributed by atoms with Crippen LogP contribution in [0, 0.1) is 0 Å². The van der Waals surface area contributed by atoms with E-state index >= 15 is 0 Å². The zero-order chi connectivity index (χ0) is 21.0. The maximum atomic E-state index is 6.35. The van der Waals surface area contributed by atoms with E-state index in [9.17, 15) is 0 Å². The average Bonchev–Trinajstić information content (AvgIpc) is 3.53. The highest BCUT2D eigenvalue weighted by Gasteiger charge is 2.45. The molecule has 1 aromatic carbocycles. The monoisotopic (exact) mass is 416 g/mol. The predicted molar refractivity (Wildman–Crippen MR) is 118 cm³/mol. The molecule has 158 valence electrons. The molecular weight excluding hydrogens is 392 g/mol. The number of fused-ring (bicyclic) bond motifs is 3. The maximum Gasteiger partial charge on any atom is 0.214 e. The number of H-pyrrole nitrogens is 1. The van der Waals surface area contributed by atoms with Gasteiger partial charge in [-0.15, -0.1) is 10.2 Å². The predicted octanol–water partition coefficient (Wildman–Crippen LogP) is 2.15. The fourth-order valence-electron chi connectivity index (χ4n) is 4.91. The van der Waals surface area contributed by atoms with E-state index in [0.717, 1.165) is 72.8 Å². The van der Waals surface area contributed by atoms with E-state index in [4.69, 9.17) is 15.5 Å². The van der Waals surface area contributed by atoms with Crippen molar-refractivity contribution in [3.63, 3.8) is 0 Å². The number of rotatable bonds is 3. The number of anilines is 1. The molecule has 31 heavy (non-hydrogen) atoms. The number of aromatic nitrogens is 6. The first-order valence-corrected chi connectivity index (χ1v) is 10.6. The third-order valence-electron chi connectivity index (χ3n) is 6.74. The molecular formula is C22H24N8O. The van der Waals surface area contributed by atoms with Crippen molar-refractivity contribution in [2.75, 3.05) is 24.6 Å². The van der Waals surface area contributed by atoms with Crippen molar-refractivity contribution in [3.8, 4) is 0 Å². The van der Waals surface area contributed by atoms with Crippen LogP contribution in [-0.2, 0) is 4.74 Å². The summed E-state index contributed by atoms with van der Waals surface area (Å²) in [6, 6.07) is 10.1. The van der Waals surface area contributed by atoms with Crippen LogP contribution in [0.2, 0.25) is 0 Å². The molecule has 1 atom stereocenters. The number of piperidine rings is 1. The third-order valence-corrected chi connectivity index (χ3v) is 6.74. The second-order valence-electron chi connectivity index (χ2n) is 8.37. The van der Waals surface area contributed by atoms with Crippen molar-refractivity contribution in [2.45, 2.75) is 30.9 Å². The molecule has 0 aliphatic carbocycles. The number of aromatic amines is 1. The fraction of sp³-hybridized carbons (Fsp3) is 0.364. The van der Waals surface area contributed by atoms with Crippen molar-refractivity contribution in [3.05, 3.63) is 54.5 Å². The first kappa shape index (κ1) is 18.5. The van der Waals surface area contributed by atoms with Gasteiger partial charge >= 0.3 is 0 Å². The third kappa shape index (κ3) is 2.77. The number of ether oxygens (including phenoxy) is 1. The molecule has 0 bridgehead atoms. The summed E-state index contributed by atoms with van der Waals surface area (Å²) in [7, 11) is 0. The standard InChI is InChI=1S/C22H24N8O/c1-14(15-5-3-2-4-6-15)18-17-19(27-26-18)25-21(30-13-24-28-20(17)30)29-10-8-22(9-11-29)16(23)7-12-31-22/h2-6,13,16H,1,7-12,23H2,(H,26,27)/t16-/m1/s1. The molecule has 2 aliphatic rings. The van der Waals surface area contributed by atoms with Gasteiger partial charge in [-0.2, -0.15) is 10.1 Å². The van der Waals surface area contributed by atoms with E-state index in [1.165, 1.54) is 0 Å². The molecule has 2 saturated heterocycles. The lowest BCUT2D eigenvalue weighted by atomic mass is 9.85. The first-order chi connectivity index (χ1) is 15.2. The van der Waals surface area contributed by atoms with E-state index in [0.29, 0.717) is 5.65 Å². The Kier molecular flexibility index (Phi) is 4.09. The van der Waals surface area contributed by atoms with Crippen molar-refractivity contribution in [2.24, 2.45) is 5.73 Å². The van der Waals surface area contributed by atoms with Gasteiger partial charge in [-0.3, -0.25) is 9.50 Å². The quantitative estimate of drug-likeness (QED) is 0.526. The van der Waals surface area contributed by atoms with Gasteiger partial charge < -0.3 is 15.4 Å². The Labute approximate surface area is 178 Å². The average molecular weight is 416 g/mol. The van der Waals surface area contributed by atoms with Crippen LogP contribution in [0.1, 0.15) is 30.5 Å². The molecule has 9 heteroatoms. The Hall–Kier alpha value is -3.30. The Balaban J connectivity index is 1.39. The Morgan fingerprint density at radius 1 is 1.23 bits per heavy atom. The lowest BCUT2D eigenvalue weighted by molar-refractivity contribution is -0.0231. The number of hydrogen-bond donors (Lipinski definition) is 2. The Morgan fingerprint density at radius 3 is 2.77 bits per heavy atom. The number of nitrogens with two attached hydrogens (primary N) is 1. The number of nitrogens with zero attached hydrogens (tertiary/aromatic N) is 6. The van der Waals surface area contributed by atoms with Gasteiger partial charge in [-0.25, -0.2) is 0 Å². The minimum absolute atomic E-state index is 0.110. The van der Waals surface area contributed by atoms with E-state index < -0.39 is 0 Å². The van der Waals surface area contributed by atoms with Crippen molar-refractivity contribution in [1.29, 1.82) is 0 Å². The molecule has 2 aliphatic heterocycles.